The van der Waals surface area contributed by atoms with Crippen molar-refractivity contribution in [3.05, 3.63) is 48.4 Å². The van der Waals surface area contributed by atoms with Crippen molar-refractivity contribution in [2.75, 3.05) is 6.61 Å². The van der Waals surface area contributed by atoms with Gasteiger partial charge in [-0.05, 0) is 43.5 Å². The zero-order valence-electron chi connectivity index (χ0n) is 12.1. The van der Waals surface area contributed by atoms with Gasteiger partial charge < -0.3 is 9.84 Å². The van der Waals surface area contributed by atoms with Gasteiger partial charge in [0.05, 0.1) is 5.69 Å². The second-order valence-electron chi connectivity index (χ2n) is 5.50. The Hall–Kier alpha value is -2.40. The van der Waals surface area contributed by atoms with Crippen LogP contribution >= 0.6 is 0 Å². The number of benzene rings is 1. The third-order valence-electron chi connectivity index (χ3n) is 4.03. The minimum atomic E-state index is -0.0532. The van der Waals surface area contributed by atoms with Gasteiger partial charge in [-0.25, -0.2) is 9.97 Å². The smallest absolute Gasteiger partial charge is 0.164 e. The predicted molar refractivity (Wildman–Crippen MR) is 83.1 cm³/mol. The van der Waals surface area contributed by atoms with Crippen LogP contribution in [0, 0.1) is 0 Å². The molecule has 22 heavy (non-hydrogen) atoms. The second kappa shape index (κ2) is 5.42. The minimum Gasteiger partial charge on any atom is -0.506 e. The zero-order chi connectivity index (χ0) is 14.9. The molecule has 5 nitrogen and oxygen atoms in total. The van der Waals surface area contributed by atoms with E-state index in [-0.39, 0.29) is 11.9 Å². The number of nitrogens with zero attached hydrogens (tertiary/aromatic N) is 3. The molecular weight excluding hydrogens is 278 g/mol. The van der Waals surface area contributed by atoms with Crippen LogP contribution in [0.5, 0.6) is 5.75 Å². The molecule has 1 atom stereocenters. The number of hydrogen-bond donors (Lipinski definition) is 1. The van der Waals surface area contributed by atoms with E-state index < -0.39 is 0 Å². The molecule has 1 aliphatic heterocycles. The molecule has 1 unspecified atom stereocenters. The van der Waals surface area contributed by atoms with E-state index in [0.717, 1.165) is 42.9 Å². The summed E-state index contributed by atoms with van der Waals surface area (Å²) >= 11 is 0. The van der Waals surface area contributed by atoms with Crippen LogP contribution < -0.4 is 0 Å². The average molecular weight is 295 g/mol. The first kappa shape index (κ1) is 13.3. The average Bonchev–Trinajstić information content (AvgIpc) is 2.95. The van der Waals surface area contributed by atoms with E-state index in [2.05, 4.69) is 4.98 Å². The van der Waals surface area contributed by atoms with Crippen molar-refractivity contribution in [3.8, 4) is 11.4 Å². The van der Waals surface area contributed by atoms with Crippen molar-refractivity contribution in [1.82, 2.24) is 14.5 Å². The number of fused-ring (bicyclic) bond motifs is 1. The molecule has 1 aromatic carbocycles. The van der Waals surface area contributed by atoms with Crippen molar-refractivity contribution in [2.24, 2.45) is 0 Å². The molecule has 0 amide bonds. The fourth-order valence-electron chi connectivity index (χ4n) is 2.98. The molecule has 4 rings (SSSR count). The Bertz CT molecular complexity index is 807. The van der Waals surface area contributed by atoms with Gasteiger partial charge in [0, 0.05) is 12.8 Å². The molecule has 2 aromatic heterocycles. The summed E-state index contributed by atoms with van der Waals surface area (Å²) in [5.41, 5.74) is 2.25. The number of aromatic hydroxyl groups is 1. The largest absolute Gasteiger partial charge is 0.506 e. The molecule has 1 fully saturated rings. The first-order valence-corrected chi connectivity index (χ1v) is 7.58. The predicted octanol–water partition coefficient (Wildman–Crippen LogP) is 3.37. The molecule has 1 saturated heterocycles. The van der Waals surface area contributed by atoms with Crippen molar-refractivity contribution in [2.45, 2.75) is 25.4 Å². The summed E-state index contributed by atoms with van der Waals surface area (Å²) in [7, 11) is 0. The lowest BCUT2D eigenvalue weighted by Crippen LogP contribution is -2.16. The SMILES string of the molecule is Oc1ccccc1-n1c(C2CCCCO2)nc2cccnc21. The van der Waals surface area contributed by atoms with E-state index in [1.54, 1.807) is 12.3 Å². The molecule has 0 aliphatic carbocycles. The first-order valence-electron chi connectivity index (χ1n) is 7.58. The molecule has 5 heteroatoms. The van der Waals surface area contributed by atoms with E-state index in [1.807, 2.05) is 34.9 Å². The standard InChI is InChI=1S/C17H17N3O2/c21-14-8-2-1-7-13(14)20-16-12(6-5-10-18-16)19-17(20)15-9-3-4-11-22-15/h1-2,5-8,10,15,21H,3-4,9,11H2. The molecule has 0 spiro atoms. The first-order chi connectivity index (χ1) is 10.8. The molecule has 0 saturated carbocycles. The van der Waals surface area contributed by atoms with Crippen molar-refractivity contribution in [1.29, 1.82) is 0 Å². The fraction of sp³-hybridized carbons (Fsp3) is 0.294. The van der Waals surface area contributed by atoms with Gasteiger partial charge in [0.15, 0.2) is 5.65 Å². The lowest BCUT2D eigenvalue weighted by Gasteiger charge is -2.23. The molecule has 3 aromatic rings. The maximum atomic E-state index is 10.2. The summed E-state index contributed by atoms with van der Waals surface area (Å²) in [6, 6.07) is 11.1. The summed E-state index contributed by atoms with van der Waals surface area (Å²) in [5.74, 6) is 1.03. The highest BCUT2D eigenvalue weighted by Crippen LogP contribution is 2.33. The lowest BCUT2D eigenvalue weighted by atomic mass is 10.1. The Labute approximate surface area is 128 Å². The number of para-hydroxylation sites is 2. The summed E-state index contributed by atoms with van der Waals surface area (Å²) < 4.78 is 7.82. The summed E-state index contributed by atoms with van der Waals surface area (Å²) in [5, 5.41) is 10.2. The van der Waals surface area contributed by atoms with Crippen molar-refractivity contribution >= 4 is 11.2 Å². The molecule has 0 radical (unpaired) electrons. The Kier molecular flexibility index (Phi) is 3.27. The Balaban J connectivity index is 1.96. The van der Waals surface area contributed by atoms with Gasteiger partial charge in [-0.1, -0.05) is 12.1 Å². The van der Waals surface area contributed by atoms with E-state index in [9.17, 15) is 5.11 Å². The number of phenols is 1. The molecule has 112 valence electrons. The number of hydrogen-bond acceptors (Lipinski definition) is 4. The number of ether oxygens (including phenoxy) is 1. The highest BCUT2D eigenvalue weighted by Gasteiger charge is 2.25. The van der Waals surface area contributed by atoms with Crippen LogP contribution in [0.2, 0.25) is 0 Å². The highest BCUT2D eigenvalue weighted by atomic mass is 16.5. The van der Waals surface area contributed by atoms with Gasteiger partial charge in [0.25, 0.3) is 0 Å². The number of aromatic nitrogens is 3. The second-order valence-corrected chi connectivity index (χ2v) is 5.50. The molecule has 1 aliphatic rings. The topological polar surface area (TPSA) is 60.2 Å². The summed E-state index contributed by atoms with van der Waals surface area (Å²) in [4.78, 5) is 9.17. The number of imidazole rings is 1. The van der Waals surface area contributed by atoms with E-state index in [1.165, 1.54) is 0 Å². The lowest BCUT2D eigenvalue weighted by molar-refractivity contribution is 0.00884. The fourth-order valence-corrected chi connectivity index (χ4v) is 2.98. The van der Waals surface area contributed by atoms with Gasteiger partial charge in [0.1, 0.15) is 23.2 Å². The summed E-state index contributed by atoms with van der Waals surface area (Å²) in [6.07, 6.45) is 4.85. The van der Waals surface area contributed by atoms with Crippen molar-refractivity contribution < 1.29 is 9.84 Å². The van der Waals surface area contributed by atoms with Crippen molar-refractivity contribution in [3.63, 3.8) is 0 Å². The highest BCUT2D eigenvalue weighted by molar-refractivity contribution is 5.74. The van der Waals surface area contributed by atoms with Gasteiger partial charge in [-0.3, -0.25) is 4.57 Å². The monoisotopic (exact) mass is 295 g/mol. The number of phenolic OH excluding ortho intramolecular Hbond substituents is 1. The third-order valence-corrected chi connectivity index (χ3v) is 4.03. The summed E-state index contributed by atoms with van der Waals surface area (Å²) in [6.45, 7) is 0.752. The van der Waals surface area contributed by atoms with Gasteiger partial charge in [0.2, 0.25) is 0 Å². The zero-order valence-corrected chi connectivity index (χ0v) is 12.1. The molecular formula is C17H17N3O2. The number of rotatable bonds is 2. The van der Waals surface area contributed by atoms with Crippen LogP contribution in [0.4, 0.5) is 0 Å². The van der Waals surface area contributed by atoms with Crippen LogP contribution in [0.3, 0.4) is 0 Å². The Morgan fingerprint density at radius 3 is 2.86 bits per heavy atom. The van der Waals surface area contributed by atoms with Gasteiger partial charge in [-0.15, -0.1) is 0 Å². The van der Waals surface area contributed by atoms with Gasteiger partial charge in [-0.2, -0.15) is 0 Å². The van der Waals surface area contributed by atoms with Crippen LogP contribution in [-0.2, 0) is 4.74 Å². The van der Waals surface area contributed by atoms with E-state index in [0.29, 0.717) is 5.69 Å². The van der Waals surface area contributed by atoms with Crippen LogP contribution in [0.25, 0.3) is 16.9 Å². The normalized spacial score (nSPS) is 18.6. The van der Waals surface area contributed by atoms with E-state index >= 15 is 0 Å². The van der Waals surface area contributed by atoms with Crippen LogP contribution in [-0.4, -0.2) is 26.2 Å². The maximum absolute atomic E-state index is 10.2. The Morgan fingerprint density at radius 2 is 2.05 bits per heavy atom. The van der Waals surface area contributed by atoms with Gasteiger partial charge >= 0.3 is 0 Å². The molecule has 3 heterocycles. The minimum absolute atomic E-state index is 0.0532. The molecule has 1 N–H and O–H groups in total. The third kappa shape index (κ3) is 2.14. The number of pyridine rings is 1. The Morgan fingerprint density at radius 1 is 1.14 bits per heavy atom. The van der Waals surface area contributed by atoms with E-state index in [4.69, 9.17) is 9.72 Å². The quantitative estimate of drug-likeness (QED) is 0.787. The maximum Gasteiger partial charge on any atom is 0.164 e. The molecule has 0 bridgehead atoms. The van der Waals surface area contributed by atoms with Crippen LogP contribution in [0.15, 0.2) is 42.6 Å². The van der Waals surface area contributed by atoms with Crippen LogP contribution in [0.1, 0.15) is 31.2 Å².